The zero-order chi connectivity index (χ0) is 12.7. The molecule has 0 heterocycles. The van der Waals surface area contributed by atoms with E-state index in [1.807, 2.05) is 6.07 Å². The zero-order valence-electron chi connectivity index (χ0n) is 11.2. The Morgan fingerprint density at radius 3 is 2.71 bits per heavy atom. The molecule has 0 amide bonds. The summed E-state index contributed by atoms with van der Waals surface area (Å²) in [5, 5.41) is 3.39. The highest BCUT2D eigenvalue weighted by Crippen LogP contribution is 2.18. The first-order chi connectivity index (χ1) is 8.17. The lowest BCUT2D eigenvalue weighted by molar-refractivity contribution is 0.443. The zero-order valence-corrected chi connectivity index (χ0v) is 11.2. The van der Waals surface area contributed by atoms with Crippen molar-refractivity contribution in [3.05, 3.63) is 35.1 Å². The maximum Gasteiger partial charge on any atom is 0.123 e. The van der Waals surface area contributed by atoms with Crippen LogP contribution in [0.3, 0.4) is 0 Å². The minimum absolute atomic E-state index is 0.121. The molecule has 96 valence electrons. The second-order valence-electron chi connectivity index (χ2n) is 4.74. The van der Waals surface area contributed by atoms with Crippen LogP contribution in [0, 0.1) is 18.7 Å². The maximum atomic E-state index is 13.2. The van der Waals surface area contributed by atoms with Crippen molar-refractivity contribution in [2.75, 3.05) is 13.1 Å². The van der Waals surface area contributed by atoms with Crippen LogP contribution >= 0.6 is 0 Å². The highest BCUT2D eigenvalue weighted by atomic mass is 19.1. The van der Waals surface area contributed by atoms with Gasteiger partial charge in [-0.15, -0.1) is 0 Å². The molecule has 1 aromatic carbocycles. The van der Waals surface area contributed by atoms with Crippen molar-refractivity contribution >= 4 is 0 Å². The molecule has 1 nitrogen and oxygen atoms in total. The molecule has 0 aromatic heterocycles. The summed E-state index contributed by atoms with van der Waals surface area (Å²) in [6.45, 7) is 8.42. The van der Waals surface area contributed by atoms with E-state index >= 15 is 0 Å². The van der Waals surface area contributed by atoms with E-state index in [1.165, 1.54) is 24.5 Å². The van der Waals surface area contributed by atoms with Gasteiger partial charge in [0, 0.05) is 0 Å². The van der Waals surface area contributed by atoms with Gasteiger partial charge in [0.05, 0.1) is 0 Å². The highest BCUT2D eigenvalue weighted by molar-refractivity contribution is 5.27. The Kier molecular flexibility index (Phi) is 6.20. The third kappa shape index (κ3) is 4.86. The van der Waals surface area contributed by atoms with E-state index in [9.17, 15) is 4.39 Å². The lowest BCUT2D eigenvalue weighted by atomic mass is 9.92. The minimum Gasteiger partial charge on any atom is -0.317 e. The van der Waals surface area contributed by atoms with Crippen LogP contribution in [0.4, 0.5) is 4.39 Å². The Morgan fingerprint density at radius 1 is 1.29 bits per heavy atom. The van der Waals surface area contributed by atoms with E-state index in [0.717, 1.165) is 25.1 Å². The standard InChI is InChI=1S/C15H24FN/c1-4-6-13(11-17-5-2)9-14-10-15(16)8-7-12(14)3/h7-8,10,13,17H,4-6,9,11H2,1-3H3. The molecule has 0 radical (unpaired) electrons. The average molecular weight is 237 g/mol. The number of benzene rings is 1. The monoisotopic (exact) mass is 237 g/mol. The second-order valence-corrected chi connectivity index (χ2v) is 4.74. The largest absolute Gasteiger partial charge is 0.317 e. The van der Waals surface area contributed by atoms with Crippen LogP contribution in [-0.2, 0) is 6.42 Å². The van der Waals surface area contributed by atoms with Gasteiger partial charge >= 0.3 is 0 Å². The van der Waals surface area contributed by atoms with Crippen LogP contribution in [0.15, 0.2) is 18.2 Å². The van der Waals surface area contributed by atoms with Gasteiger partial charge in [-0.3, -0.25) is 0 Å². The molecule has 0 aliphatic rings. The third-order valence-corrected chi connectivity index (χ3v) is 3.20. The fraction of sp³-hybridized carbons (Fsp3) is 0.600. The Hall–Kier alpha value is -0.890. The normalized spacial score (nSPS) is 12.7. The molecule has 0 bridgehead atoms. The molecule has 0 aliphatic carbocycles. The molecule has 2 heteroatoms. The van der Waals surface area contributed by atoms with Gasteiger partial charge in [-0.1, -0.05) is 26.3 Å². The van der Waals surface area contributed by atoms with Crippen molar-refractivity contribution < 1.29 is 4.39 Å². The van der Waals surface area contributed by atoms with E-state index < -0.39 is 0 Å². The van der Waals surface area contributed by atoms with Gasteiger partial charge in [-0.25, -0.2) is 4.39 Å². The summed E-state index contributed by atoms with van der Waals surface area (Å²) in [4.78, 5) is 0. The molecule has 1 aromatic rings. The van der Waals surface area contributed by atoms with Gasteiger partial charge in [-0.05, 0) is 62.0 Å². The number of hydrogen-bond acceptors (Lipinski definition) is 1. The first-order valence-electron chi connectivity index (χ1n) is 6.63. The van der Waals surface area contributed by atoms with Crippen LogP contribution in [0.2, 0.25) is 0 Å². The third-order valence-electron chi connectivity index (χ3n) is 3.20. The summed E-state index contributed by atoms with van der Waals surface area (Å²) < 4.78 is 13.2. The Labute approximate surface area is 104 Å². The van der Waals surface area contributed by atoms with Crippen molar-refractivity contribution in [1.29, 1.82) is 0 Å². The number of nitrogens with one attached hydrogen (secondary N) is 1. The molecule has 0 saturated carbocycles. The summed E-state index contributed by atoms with van der Waals surface area (Å²) in [6, 6.07) is 5.10. The minimum atomic E-state index is -0.121. The first kappa shape index (κ1) is 14.2. The van der Waals surface area contributed by atoms with Crippen molar-refractivity contribution in [1.82, 2.24) is 5.32 Å². The molecule has 0 saturated heterocycles. The number of rotatable bonds is 7. The van der Waals surface area contributed by atoms with Gasteiger partial charge in [0.2, 0.25) is 0 Å². The molecule has 0 spiro atoms. The summed E-state index contributed by atoms with van der Waals surface area (Å²) in [5.41, 5.74) is 2.35. The molecule has 1 unspecified atom stereocenters. The second kappa shape index (κ2) is 7.44. The Balaban J connectivity index is 2.67. The van der Waals surface area contributed by atoms with Gasteiger partial charge < -0.3 is 5.32 Å². The maximum absolute atomic E-state index is 13.2. The Bertz CT molecular complexity index is 336. The van der Waals surface area contributed by atoms with Crippen molar-refractivity contribution in [3.8, 4) is 0 Å². The van der Waals surface area contributed by atoms with E-state index in [0.29, 0.717) is 5.92 Å². The summed E-state index contributed by atoms with van der Waals surface area (Å²) >= 11 is 0. The Morgan fingerprint density at radius 2 is 2.06 bits per heavy atom. The number of halogens is 1. The fourth-order valence-electron chi connectivity index (χ4n) is 2.20. The van der Waals surface area contributed by atoms with Crippen LogP contribution < -0.4 is 5.32 Å². The molecular weight excluding hydrogens is 213 g/mol. The van der Waals surface area contributed by atoms with Crippen LogP contribution in [0.1, 0.15) is 37.8 Å². The van der Waals surface area contributed by atoms with E-state index in [2.05, 4.69) is 26.1 Å². The molecule has 1 rings (SSSR count). The lowest BCUT2D eigenvalue weighted by Gasteiger charge is -2.17. The number of aryl methyl sites for hydroxylation is 1. The SMILES string of the molecule is CCCC(CNCC)Cc1cc(F)ccc1C. The topological polar surface area (TPSA) is 12.0 Å². The molecule has 0 fully saturated rings. The van der Waals surface area contributed by atoms with Crippen LogP contribution in [-0.4, -0.2) is 13.1 Å². The van der Waals surface area contributed by atoms with Gasteiger partial charge in [0.25, 0.3) is 0 Å². The van der Waals surface area contributed by atoms with Crippen molar-refractivity contribution in [2.24, 2.45) is 5.92 Å². The molecule has 17 heavy (non-hydrogen) atoms. The molecule has 0 aliphatic heterocycles. The molecule has 1 atom stereocenters. The van der Waals surface area contributed by atoms with E-state index in [1.54, 1.807) is 6.07 Å². The van der Waals surface area contributed by atoms with Crippen molar-refractivity contribution in [3.63, 3.8) is 0 Å². The fourth-order valence-corrected chi connectivity index (χ4v) is 2.20. The highest BCUT2D eigenvalue weighted by Gasteiger charge is 2.10. The summed E-state index contributed by atoms with van der Waals surface area (Å²) in [6.07, 6.45) is 3.36. The predicted molar refractivity (Wildman–Crippen MR) is 71.8 cm³/mol. The predicted octanol–water partition coefficient (Wildman–Crippen LogP) is 3.70. The first-order valence-corrected chi connectivity index (χ1v) is 6.63. The lowest BCUT2D eigenvalue weighted by Crippen LogP contribution is -2.24. The van der Waals surface area contributed by atoms with E-state index in [-0.39, 0.29) is 5.82 Å². The van der Waals surface area contributed by atoms with Crippen LogP contribution in [0.5, 0.6) is 0 Å². The van der Waals surface area contributed by atoms with Gasteiger partial charge in [-0.2, -0.15) is 0 Å². The summed E-state index contributed by atoms with van der Waals surface area (Å²) in [7, 11) is 0. The smallest absolute Gasteiger partial charge is 0.123 e. The van der Waals surface area contributed by atoms with E-state index in [4.69, 9.17) is 0 Å². The van der Waals surface area contributed by atoms with Crippen LogP contribution in [0.25, 0.3) is 0 Å². The van der Waals surface area contributed by atoms with Gasteiger partial charge in [0.1, 0.15) is 5.82 Å². The van der Waals surface area contributed by atoms with Crippen molar-refractivity contribution in [2.45, 2.75) is 40.0 Å². The quantitative estimate of drug-likeness (QED) is 0.762. The number of hydrogen-bond donors (Lipinski definition) is 1. The summed E-state index contributed by atoms with van der Waals surface area (Å²) in [5.74, 6) is 0.491. The van der Waals surface area contributed by atoms with Gasteiger partial charge in [0.15, 0.2) is 0 Å². The molecule has 1 N–H and O–H groups in total. The molecular formula is C15H24FN. The average Bonchev–Trinajstić information content (AvgIpc) is 2.31.